The lowest BCUT2D eigenvalue weighted by molar-refractivity contribution is 0.0685. The van der Waals surface area contributed by atoms with E-state index in [4.69, 9.17) is 9.63 Å². The monoisotopic (exact) mass is 248 g/mol. The van der Waals surface area contributed by atoms with E-state index in [0.29, 0.717) is 12.3 Å². The molecule has 0 atom stereocenters. The van der Waals surface area contributed by atoms with Crippen LogP contribution in [0, 0.1) is 0 Å². The second kappa shape index (κ2) is 4.79. The van der Waals surface area contributed by atoms with E-state index in [1.165, 1.54) is 6.07 Å². The average molecular weight is 248 g/mol. The molecule has 2 aromatic rings. The van der Waals surface area contributed by atoms with Gasteiger partial charge in [-0.2, -0.15) is 0 Å². The minimum absolute atomic E-state index is 0.107. The standard InChI is InChI=1S/C12H12N2O4/c1-14(8-2-4-9(15)5-3-8)7-10-6-11(12(16)17)13-18-10/h2-6,15H,7H2,1H3,(H,16,17). The molecule has 18 heavy (non-hydrogen) atoms. The normalized spacial score (nSPS) is 10.3. The number of carbonyl (C=O) groups is 1. The molecule has 6 heteroatoms. The summed E-state index contributed by atoms with van der Waals surface area (Å²) in [5, 5.41) is 21.3. The molecule has 0 spiro atoms. The number of anilines is 1. The van der Waals surface area contributed by atoms with Gasteiger partial charge in [0.1, 0.15) is 5.75 Å². The Kier molecular flexibility index (Phi) is 3.18. The third-order valence-electron chi connectivity index (χ3n) is 2.46. The van der Waals surface area contributed by atoms with Crippen LogP contribution in [0.4, 0.5) is 5.69 Å². The molecule has 2 rings (SSSR count). The van der Waals surface area contributed by atoms with Gasteiger partial charge in [0, 0.05) is 18.8 Å². The number of aromatic hydroxyl groups is 1. The molecule has 0 bridgehead atoms. The van der Waals surface area contributed by atoms with Gasteiger partial charge in [0.15, 0.2) is 11.5 Å². The highest BCUT2D eigenvalue weighted by atomic mass is 16.5. The fourth-order valence-corrected chi connectivity index (χ4v) is 1.52. The van der Waals surface area contributed by atoms with Gasteiger partial charge in [-0.25, -0.2) is 4.79 Å². The lowest BCUT2D eigenvalue weighted by atomic mass is 10.2. The zero-order valence-electron chi connectivity index (χ0n) is 9.70. The molecule has 0 amide bonds. The van der Waals surface area contributed by atoms with Crippen molar-refractivity contribution in [1.29, 1.82) is 0 Å². The topological polar surface area (TPSA) is 86.8 Å². The second-order valence-corrected chi connectivity index (χ2v) is 3.86. The number of carboxylic acid groups (broad SMARTS) is 1. The first-order chi connectivity index (χ1) is 8.56. The van der Waals surface area contributed by atoms with E-state index in [2.05, 4.69) is 5.16 Å². The molecule has 0 aliphatic carbocycles. The van der Waals surface area contributed by atoms with Gasteiger partial charge in [-0.05, 0) is 24.3 Å². The maximum absolute atomic E-state index is 10.6. The van der Waals surface area contributed by atoms with Crippen LogP contribution in [0.25, 0.3) is 0 Å². The first kappa shape index (κ1) is 12.0. The molecule has 0 saturated carbocycles. The highest BCUT2D eigenvalue weighted by Gasteiger charge is 2.12. The van der Waals surface area contributed by atoms with Crippen LogP contribution in [0.15, 0.2) is 34.9 Å². The van der Waals surface area contributed by atoms with Gasteiger partial charge >= 0.3 is 5.97 Å². The van der Waals surface area contributed by atoms with Gasteiger partial charge in [0.2, 0.25) is 0 Å². The number of hydrogen-bond acceptors (Lipinski definition) is 5. The van der Waals surface area contributed by atoms with Crippen molar-refractivity contribution in [2.45, 2.75) is 6.54 Å². The van der Waals surface area contributed by atoms with Crippen molar-refractivity contribution in [2.24, 2.45) is 0 Å². The molecule has 0 saturated heterocycles. The minimum Gasteiger partial charge on any atom is -0.508 e. The van der Waals surface area contributed by atoms with Gasteiger partial charge in [-0.1, -0.05) is 5.16 Å². The molecule has 0 unspecified atom stereocenters. The number of nitrogens with zero attached hydrogens (tertiary/aromatic N) is 2. The molecular weight excluding hydrogens is 236 g/mol. The van der Waals surface area contributed by atoms with Crippen molar-refractivity contribution >= 4 is 11.7 Å². The molecule has 1 aromatic carbocycles. The summed E-state index contributed by atoms with van der Waals surface area (Å²) in [4.78, 5) is 12.5. The maximum Gasteiger partial charge on any atom is 0.358 e. The number of rotatable bonds is 4. The Morgan fingerprint density at radius 1 is 1.39 bits per heavy atom. The van der Waals surface area contributed by atoms with Gasteiger partial charge in [0.05, 0.1) is 6.54 Å². The van der Waals surface area contributed by atoms with Gasteiger partial charge in [-0.3, -0.25) is 0 Å². The Balaban J connectivity index is 2.08. The lowest BCUT2D eigenvalue weighted by Crippen LogP contribution is -2.15. The van der Waals surface area contributed by atoms with E-state index < -0.39 is 5.97 Å². The number of carboxylic acids is 1. The molecule has 0 aliphatic rings. The highest BCUT2D eigenvalue weighted by molar-refractivity contribution is 5.85. The highest BCUT2D eigenvalue weighted by Crippen LogP contribution is 2.19. The Morgan fingerprint density at radius 2 is 2.06 bits per heavy atom. The van der Waals surface area contributed by atoms with Crippen LogP contribution in [-0.4, -0.2) is 28.4 Å². The van der Waals surface area contributed by atoms with Crippen LogP contribution in [0.5, 0.6) is 5.75 Å². The zero-order chi connectivity index (χ0) is 13.1. The van der Waals surface area contributed by atoms with E-state index in [1.54, 1.807) is 24.3 Å². The molecule has 2 N–H and O–H groups in total. The number of phenols is 1. The van der Waals surface area contributed by atoms with Crippen molar-refractivity contribution in [3.8, 4) is 5.75 Å². The summed E-state index contributed by atoms with van der Waals surface area (Å²) in [6.07, 6.45) is 0. The van der Waals surface area contributed by atoms with Crippen LogP contribution in [-0.2, 0) is 6.54 Å². The Labute approximate surface area is 103 Å². The van der Waals surface area contributed by atoms with Crippen LogP contribution in [0.1, 0.15) is 16.2 Å². The third kappa shape index (κ3) is 2.60. The third-order valence-corrected chi connectivity index (χ3v) is 2.46. The van der Waals surface area contributed by atoms with Gasteiger partial charge < -0.3 is 19.6 Å². The number of aromatic nitrogens is 1. The maximum atomic E-state index is 10.6. The summed E-state index contributed by atoms with van der Waals surface area (Å²) in [7, 11) is 1.83. The fraction of sp³-hybridized carbons (Fsp3) is 0.167. The van der Waals surface area contributed by atoms with Gasteiger partial charge in [-0.15, -0.1) is 0 Å². The van der Waals surface area contributed by atoms with Crippen molar-refractivity contribution in [2.75, 3.05) is 11.9 Å². The van der Waals surface area contributed by atoms with Crippen molar-refractivity contribution < 1.29 is 19.5 Å². The van der Waals surface area contributed by atoms with Crippen molar-refractivity contribution in [3.05, 3.63) is 41.8 Å². The molecule has 0 aliphatic heterocycles. The Morgan fingerprint density at radius 3 is 2.61 bits per heavy atom. The zero-order valence-corrected chi connectivity index (χ0v) is 9.70. The first-order valence-electron chi connectivity index (χ1n) is 5.25. The number of hydrogen-bond donors (Lipinski definition) is 2. The largest absolute Gasteiger partial charge is 0.508 e. The average Bonchev–Trinajstić information content (AvgIpc) is 2.78. The molecule has 94 valence electrons. The lowest BCUT2D eigenvalue weighted by Gasteiger charge is -2.17. The van der Waals surface area contributed by atoms with E-state index >= 15 is 0 Å². The molecule has 0 radical (unpaired) electrons. The molecule has 1 aromatic heterocycles. The van der Waals surface area contributed by atoms with E-state index in [-0.39, 0.29) is 11.4 Å². The summed E-state index contributed by atoms with van der Waals surface area (Å²) < 4.78 is 4.92. The summed E-state index contributed by atoms with van der Waals surface area (Å²) in [5.74, 6) is -0.458. The molecule has 6 nitrogen and oxygen atoms in total. The first-order valence-corrected chi connectivity index (χ1v) is 5.25. The molecular formula is C12H12N2O4. The van der Waals surface area contributed by atoms with Crippen LogP contribution >= 0.6 is 0 Å². The van der Waals surface area contributed by atoms with Crippen molar-refractivity contribution in [1.82, 2.24) is 5.16 Å². The van der Waals surface area contributed by atoms with Crippen molar-refractivity contribution in [3.63, 3.8) is 0 Å². The minimum atomic E-state index is -1.11. The predicted octanol–water partition coefficient (Wildman–Crippen LogP) is 1.71. The Bertz CT molecular complexity index is 547. The number of aromatic carboxylic acids is 1. The van der Waals surface area contributed by atoms with Crippen LogP contribution < -0.4 is 4.90 Å². The quantitative estimate of drug-likeness (QED) is 0.856. The fourth-order valence-electron chi connectivity index (χ4n) is 1.52. The predicted molar refractivity (Wildman–Crippen MR) is 63.7 cm³/mol. The van der Waals surface area contributed by atoms with Crippen LogP contribution in [0.2, 0.25) is 0 Å². The summed E-state index contributed by atoms with van der Waals surface area (Å²) >= 11 is 0. The van der Waals surface area contributed by atoms with E-state index in [0.717, 1.165) is 5.69 Å². The summed E-state index contributed by atoms with van der Waals surface area (Å²) in [6, 6.07) is 8.05. The SMILES string of the molecule is CN(Cc1cc(C(=O)O)no1)c1ccc(O)cc1. The smallest absolute Gasteiger partial charge is 0.358 e. The number of phenolic OH excluding ortho intramolecular Hbond substituents is 1. The van der Waals surface area contributed by atoms with Crippen LogP contribution in [0.3, 0.4) is 0 Å². The molecule has 0 fully saturated rings. The summed E-state index contributed by atoms with van der Waals surface area (Å²) in [5.41, 5.74) is 0.769. The van der Waals surface area contributed by atoms with E-state index in [1.807, 2.05) is 11.9 Å². The Hall–Kier alpha value is -2.50. The number of benzene rings is 1. The second-order valence-electron chi connectivity index (χ2n) is 3.86. The van der Waals surface area contributed by atoms with Gasteiger partial charge in [0.25, 0.3) is 0 Å². The molecule has 1 heterocycles. The summed E-state index contributed by atoms with van der Waals surface area (Å²) in [6.45, 7) is 0.394. The van der Waals surface area contributed by atoms with E-state index in [9.17, 15) is 9.90 Å².